The molecule has 13 aromatic carbocycles. The van der Waals surface area contributed by atoms with Crippen molar-refractivity contribution in [3.8, 4) is 55.6 Å². The molecule has 0 saturated carbocycles. The Bertz CT molecular complexity index is 4610. The predicted molar refractivity (Wildman–Crippen MR) is 357 cm³/mol. The maximum absolute atomic E-state index is 2.61. The molecule has 0 unspecified atom stereocenters. The monoisotopic (exact) mass is 1100 g/mol. The molecule has 5 aliphatic rings. The summed E-state index contributed by atoms with van der Waals surface area (Å²) in [4.78, 5) is 0. The lowest BCUT2D eigenvalue weighted by molar-refractivity contribution is 1.28. The Hall–Kier alpha value is -9.49. The number of rotatable bonds is 6. The fraction of sp³-hybridized carbons (Fsp3) is 0.0250. The van der Waals surface area contributed by atoms with E-state index in [9.17, 15) is 0 Å². The highest BCUT2D eigenvalue weighted by molar-refractivity contribution is 7.24. The van der Waals surface area contributed by atoms with E-state index in [1.807, 2.05) is 0 Å². The topological polar surface area (TPSA) is 0 Å². The molecule has 0 spiro atoms. The van der Waals surface area contributed by atoms with Crippen molar-refractivity contribution >= 4 is 86.5 Å². The second kappa shape index (κ2) is 18.8. The van der Waals surface area contributed by atoms with Gasteiger partial charge >= 0.3 is 0 Å². The first-order chi connectivity index (χ1) is 41.2. The molecule has 0 aromatic heterocycles. The van der Waals surface area contributed by atoms with E-state index in [0.29, 0.717) is 0 Å². The molecule has 0 saturated heterocycles. The third kappa shape index (κ3) is 6.67. The van der Waals surface area contributed by atoms with Gasteiger partial charge < -0.3 is 0 Å². The summed E-state index contributed by atoms with van der Waals surface area (Å²) in [6.07, 6.45) is 1.98. The van der Waals surface area contributed by atoms with Gasteiger partial charge in [-0.2, -0.15) is 0 Å². The second-order valence-electron chi connectivity index (χ2n) is 23.2. The summed E-state index contributed by atoms with van der Waals surface area (Å²) < 4.78 is 0. The van der Waals surface area contributed by atoms with Crippen LogP contribution in [0.4, 0.5) is 0 Å². The first kappa shape index (κ1) is 48.2. The summed E-state index contributed by atoms with van der Waals surface area (Å²) in [6.45, 7) is 0. The van der Waals surface area contributed by atoms with Crippen molar-refractivity contribution in [3.05, 3.63) is 338 Å². The zero-order valence-electron chi connectivity index (χ0n) is 45.9. The van der Waals surface area contributed by atoms with E-state index in [2.05, 4.69) is 315 Å². The van der Waals surface area contributed by atoms with Crippen molar-refractivity contribution in [3.63, 3.8) is 0 Å². The molecule has 13 aromatic rings. The molecule has 3 aliphatic heterocycles. The maximum atomic E-state index is 2.61. The number of hydrogen-bond acceptors (Lipinski definition) is 0. The van der Waals surface area contributed by atoms with Crippen LogP contribution in [0, 0.1) is 0 Å². The summed E-state index contributed by atoms with van der Waals surface area (Å²) in [6, 6.07) is 120. The van der Waals surface area contributed by atoms with E-state index in [-0.39, 0.29) is 0 Å². The Morgan fingerprint density at radius 2 is 0.446 bits per heavy atom. The van der Waals surface area contributed by atoms with Crippen molar-refractivity contribution < 1.29 is 0 Å². The van der Waals surface area contributed by atoms with Crippen LogP contribution in [-0.2, 0) is 12.8 Å². The summed E-state index contributed by atoms with van der Waals surface area (Å²) in [5.74, 6) is 0. The molecule has 0 fully saturated rings. The number of benzene rings is 13. The smallest absolute Gasteiger partial charge is 0.0623 e. The maximum Gasteiger partial charge on any atom is 0.181 e. The van der Waals surface area contributed by atoms with E-state index in [4.69, 9.17) is 0 Å². The molecule has 0 radical (unpaired) electrons. The number of fused-ring (bicyclic) bond motifs is 15. The Morgan fingerprint density at radius 1 is 0.169 bits per heavy atom. The lowest BCUT2D eigenvalue weighted by Crippen LogP contribution is -2.73. The Balaban J connectivity index is 0.000000146. The third-order valence-electron chi connectivity index (χ3n) is 19.5. The predicted octanol–water partition coefficient (Wildman–Crippen LogP) is 10.6. The van der Waals surface area contributed by atoms with Crippen molar-refractivity contribution in [2.75, 3.05) is 0 Å². The molecule has 0 amide bonds. The van der Waals surface area contributed by atoms with Crippen LogP contribution in [0.1, 0.15) is 22.3 Å². The van der Waals surface area contributed by atoms with Crippen LogP contribution >= 0.6 is 0 Å². The van der Waals surface area contributed by atoms with Crippen molar-refractivity contribution in [2.24, 2.45) is 0 Å². The van der Waals surface area contributed by atoms with Gasteiger partial charge in [-0.15, -0.1) is 0 Å². The summed E-state index contributed by atoms with van der Waals surface area (Å²) >= 11 is 0. The van der Waals surface area contributed by atoms with E-state index < -0.39 is 24.2 Å². The van der Waals surface area contributed by atoms with Gasteiger partial charge in [0, 0.05) is 0 Å². The first-order valence-electron chi connectivity index (χ1n) is 29.4. The Morgan fingerprint density at radius 3 is 0.843 bits per heavy atom. The van der Waals surface area contributed by atoms with Gasteiger partial charge in [0.1, 0.15) is 0 Å². The van der Waals surface area contributed by atoms with Crippen molar-refractivity contribution in [1.82, 2.24) is 0 Å². The van der Waals surface area contributed by atoms with Crippen LogP contribution in [0.5, 0.6) is 0 Å². The largest absolute Gasteiger partial charge is 0.181 e. The van der Waals surface area contributed by atoms with E-state index >= 15 is 0 Å². The summed E-state index contributed by atoms with van der Waals surface area (Å²) in [5.41, 5.74) is 20.0. The lowest BCUT2D eigenvalue weighted by Gasteiger charge is -2.33. The van der Waals surface area contributed by atoms with E-state index in [1.165, 1.54) is 135 Å². The van der Waals surface area contributed by atoms with Gasteiger partial charge in [0.25, 0.3) is 0 Å². The Kier molecular flexibility index (Phi) is 10.9. The molecular formula is C80H56Si3. The highest BCUT2D eigenvalue weighted by Gasteiger charge is 2.53. The van der Waals surface area contributed by atoms with Gasteiger partial charge in [-0.25, -0.2) is 0 Å². The fourth-order valence-corrected chi connectivity index (χ4v) is 32.5. The minimum atomic E-state index is -2.61. The molecule has 83 heavy (non-hydrogen) atoms. The molecule has 0 N–H and O–H groups in total. The minimum absolute atomic E-state index is 0.958. The quantitative estimate of drug-likeness (QED) is 0.146. The normalized spacial score (nSPS) is 14.7. The molecule has 0 bridgehead atoms. The second-order valence-corrected chi connectivity index (χ2v) is 34.3. The molecule has 3 heteroatoms. The first-order valence-corrected chi connectivity index (χ1v) is 35.4. The van der Waals surface area contributed by atoms with Crippen molar-refractivity contribution in [1.29, 1.82) is 0 Å². The Labute approximate surface area is 489 Å². The zero-order chi connectivity index (χ0) is 54.7. The van der Waals surface area contributed by atoms with Crippen LogP contribution < -0.4 is 62.2 Å². The standard InChI is InChI=1S/C49H34Si2.C31H22Si/c1-3-16-35(17-4-1)50(45-25-11-7-20-39(45)40-21-8-12-26-46(40)50)37-31-30-34-32-44-38(43(34)33-37)24-15-29-49(44)51(36-18-5-2-6-19-36)47-27-13-9-22-41(47)42-23-10-14-28-48(42)51;1-2-12-23(13-3-1)32(29-18-8-6-15-26(29)27-16-7-9-19-30(27)32)31-20-10-17-25-24-14-5-4-11-22(24)21-28(25)31/h1-31,33H,32H2;1-20H,21H2. The average Bonchev–Trinajstić information content (AvgIpc) is 4.34. The highest BCUT2D eigenvalue weighted by Crippen LogP contribution is 2.41. The summed E-state index contributed by atoms with van der Waals surface area (Å²) in [7, 11) is -7.62. The molecular weight excluding hydrogens is 1050 g/mol. The summed E-state index contributed by atoms with van der Waals surface area (Å²) in [5, 5.41) is 18.0. The van der Waals surface area contributed by atoms with Gasteiger partial charge in [-0.1, -0.05) is 315 Å². The van der Waals surface area contributed by atoms with Gasteiger partial charge in [0.2, 0.25) is 0 Å². The molecule has 18 rings (SSSR count). The zero-order valence-corrected chi connectivity index (χ0v) is 48.9. The van der Waals surface area contributed by atoms with Crippen LogP contribution in [-0.4, -0.2) is 24.2 Å². The van der Waals surface area contributed by atoms with Crippen LogP contribution in [0.15, 0.2) is 315 Å². The van der Waals surface area contributed by atoms with Crippen LogP contribution in [0.3, 0.4) is 0 Å². The van der Waals surface area contributed by atoms with Crippen molar-refractivity contribution in [2.45, 2.75) is 12.8 Å². The molecule has 0 nitrogen and oxygen atoms in total. The van der Waals surface area contributed by atoms with Crippen LogP contribution in [0.2, 0.25) is 0 Å². The highest BCUT2D eigenvalue weighted by atomic mass is 28.3. The average molecular weight is 1100 g/mol. The van der Waals surface area contributed by atoms with E-state index in [1.54, 1.807) is 5.19 Å². The van der Waals surface area contributed by atoms with Gasteiger partial charge in [-0.3, -0.25) is 0 Å². The molecule has 2 aliphatic carbocycles. The third-order valence-corrected chi connectivity index (χ3v) is 34.3. The number of hydrogen-bond donors (Lipinski definition) is 0. The lowest BCUT2D eigenvalue weighted by atomic mass is 10.1. The van der Waals surface area contributed by atoms with Crippen LogP contribution in [0.25, 0.3) is 55.6 Å². The fourth-order valence-electron chi connectivity index (χ4n) is 16.4. The molecule has 0 atom stereocenters. The molecule has 388 valence electrons. The van der Waals surface area contributed by atoms with Gasteiger partial charge in [0.15, 0.2) is 24.2 Å². The minimum Gasteiger partial charge on any atom is -0.0623 e. The van der Waals surface area contributed by atoms with Gasteiger partial charge in [0.05, 0.1) is 0 Å². The van der Waals surface area contributed by atoms with Gasteiger partial charge in [-0.05, 0) is 153 Å². The SMILES string of the molecule is c1ccc([Si]2(c3ccc4c(c3)-c3cccc([Si]5(c6ccccc6)c6ccccc6-c6ccccc65)c3C4)c3ccccc3-c3ccccc32)cc1.c1ccc([Si]2(c3cccc4c3Cc3ccccc3-4)c3ccccc3-c3ccccc32)cc1. The molecule has 3 heterocycles. The van der Waals surface area contributed by atoms with E-state index in [0.717, 1.165) is 12.8 Å².